The molecule has 4 rings (SSSR count). The van der Waals surface area contributed by atoms with Crippen LogP contribution >= 0.6 is 0 Å². The fourth-order valence-corrected chi connectivity index (χ4v) is 7.88. The average molecular weight is 1050 g/mol. The van der Waals surface area contributed by atoms with E-state index in [4.69, 9.17) is 11.5 Å². The first-order valence-corrected chi connectivity index (χ1v) is 23.9. The lowest BCUT2D eigenvalue weighted by Crippen LogP contribution is -2.61. The van der Waals surface area contributed by atoms with Crippen molar-refractivity contribution in [2.45, 2.75) is 132 Å². The molecule has 408 valence electrons. The maximum Gasteiger partial charge on any atom is 0.328 e. The van der Waals surface area contributed by atoms with Crippen molar-refractivity contribution in [2.75, 3.05) is 13.2 Å². The molecule has 1 saturated heterocycles. The number of imidazole rings is 1. The number of aromatic nitrogens is 2. The molecule has 0 spiro atoms. The van der Waals surface area contributed by atoms with Crippen molar-refractivity contribution in [1.29, 1.82) is 0 Å². The highest BCUT2D eigenvalue weighted by atomic mass is 16.4. The Morgan fingerprint density at radius 2 is 1.25 bits per heavy atom. The highest BCUT2D eigenvalue weighted by molar-refractivity contribution is 5.98. The summed E-state index contributed by atoms with van der Waals surface area (Å²) in [4.78, 5) is 141. The molecule has 27 nitrogen and oxygen atoms in total. The van der Waals surface area contributed by atoms with E-state index in [1.54, 1.807) is 30.3 Å². The molecule has 1 aliphatic rings. The third-order valence-corrected chi connectivity index (χ3v) is 12.1. The zero-order valence-corrected chi connectivity index (χ0v) is 41.4. The standard InChI is InChI=1S/C48H66N12O15/c1-24(53-46(72)38(25(2)62)58-42(68)32(15-16-37(50)65)54-41(67)31(49)22-61)40(66)55-34(20-29-21-51-23-52-29)43(69)57-35(19-27-8-5-4-6-9-27)47(73)60-17-7-10-36(60)45(71)56-33(18-28-11-13-30(64)14-12-28)44(70)59-39(26(3)63)48(74)75/h4-6,8-9,11-14,21,23-26,31-36,38-39,61-64H,7,10,15-20,22,49H2,1-3H3,(H2,50,65)(H,51,52)(H,53,72)(H,54,67)(H,55,66)(H,56,71)(H,57,69)(H,58,68)(H,59,70)(H,74,75)/t24-,25+,26+,31-,32-,33-,34-,35-,36-,38-,39-/m0/s1. The first kappa shape index (κ1) is 59.6. The number of carboxylic acid groups (broad SMARTS) is 1. The van der Waals surface area contributed by atoms with Gasteiger partial charge in [0, 0.05) is 44.1 Å². The number of amides is 9. The minimum atomic E-state index is -1.75. The maximum absolute atomic E-state index is 14.7. The molecule has 1 fully saturated rings. The lowest BCUT2D eigenvalue weighted by atomic mass is 10.0. The number of rotatable bonds is 28. The van der Waals surface area contributed by atoms with Gasteiger partial charge in [0.25, 0.3) is 0 Å². The van der Waals surface area contributed by atoms with Crippen LogP contribution in [0.15, 0.2) is 67.1 Å². The molecule has 3 aromatic rings. The number of aromatic hydroxyl groups is 1. The monoisotopic (exact) mass is 1050 g/mol. The molecule has 1 aromatic heterocycles. The maximum atomic E-state index is 14.7. The number of aliphatic hydroxyl groups excluding tert-OH is 3. The van der Waals surface area contributed by atoms with Crippen LogP contribution in [0.2, 0.25) is 0 Å². The van der Waals surface area contributed by atoms with Crippen molar-refractivity contribution >= 4 is 59.1 Å². The number of likely N-dealkylation sites (tertiary alicyclic amines) is 1. The quantitative estimate of drug-likeness (QED) is 0.0324. The molecule has 0 saturated carbocycles. The summed E-state index contributed by atoms with van der Waals surface area (Å²) < 4.78 is 0. The molecule has 75 heavy (non-hydrogen) atoms. The van der Waals surface area contributed by atoms with E-state index < -0.39 is 139 Å². The van der Waals surface area contributed by atoms with Gasteiger partial charge in [0.05, 0.1) is 25.1 Å². The van der Waals surface area contributed by atoms with E-state index >= 15 is 0 Å². The van der Waals surface area contributed by atoms with E-state index in [9.17, 15) is 73.5 Å². The van der Waals surface area contributed by atoms with Crippen LogP contribution < -0.4 is 48.7 Å². The molecule has 0 aliphatic carbocycles. The Morgan fingerprint density at radius 3 is 1.84 bits per heavy atom. The minimum absolute atomic E-state index is 0.0377. The minimum Gasteiger partial charge on any atom is -0.508 e. The zero-order valence-electron chi connectivity index (χ0n) is 41.4. The number of carboxylic acids is 1. The summed E-state index contributed by atoms with van der Waals surface area (Å²) in [6.07, 6.45) is -1.25. The van der Waals surface area contributed by atoms with E-state index in [-0.39, 0.29) is 44.4 Å². The molecule has 27 heteroatoms. The van der Waals surface area contributed by atoms with Gasteiger partial charge >= 0.3 is 5.97 Å². The number of carbonyl (C=O) groups is 10. The van der Waals surface area contributed by atoms with Crippen molar-refractivity contribution in [1.82, 2.24) is 52.1 Å². The van der Waals surface area contributed by atoms with Gasteiger partial charge in [0.1, 0.15) is 54.1 Å². The number of nitrogens with two attached hydrogens (primary N) is 2. The lowest BCUT2D eigenvalue weighted by Gasteiger charge is -2.31. The van der Waals surface area contributed by atoms with Gasteiger partial charge in [-0.05, 0) is 63.3 Å². The van der Waals surface area contributed by atoms with Crippen molar-refractivity contribution in [3.05, 3.63) is 83.9 Å². The molecule has 2 aromatic carbocycles. The van der Waals surface area contributed by atoms with E-state index in [2.05, 4.69) is 47.2 Å². The summed E-state index contributed by atoms with van der Waals surface area (Å²) in [6.45, 7) is 2.80. The van der Waals surface area contributed by atoms with Crippen LogP contribution in [0, 0.1) is 0 Å². The molecule has 0 bridgehead atoms. The first-order chi connectivity index (χ1) is 35.5. The van der Waals surface area contributed by atoms with E-state index in [1.165, 1.54) is 48.6 Å². The predicted octanol–water partition coefficient (Wildman–Crippen LogP) is -5.02. The van der Waals surface area contributed by atoms with Crippen LogP contribution in [-0.4, -0.2) is 179 Å². The lowest BCUT2D eigenvalue weighted by molar-refractivity contribution is -0.145. The van der Waals surface area contributed by atoms with Crippen LogP contribution in [0.3, 0.4) is 0 Å². The molecule has 0 radical (unpaired) electrons. The van der Waals surface area contributed by atoms with Crippen LogP contribution in [-0.2, 0) is 67.2 Å². The number of phenolic OH excluding ortho intramolecular Hbond substituents is 1. The number of phenols is 1. The van der Waals surface area contributed by atoms with Crippen LogP contribution in [0.4, 0.5) is 0 Å². The number of aromatic amines is 1. The Morgan fingerprint density at radius 1 is 0.693 bits per heavy atom. The number of hydrogen-bond donors (Lipinski definition) is 15. The van der Waals surface area contributed by atoms with Crippen molar-refractivity contribution in [3.63, 3.8) is 0 Å². The fraction of sp³-hybridized carbons (Fsp3) is 0.479. The number of aliphatic carboxylic acids is 1. The highest BCUT2D eigenvalue weighted by Gasteiger charge is 2.41. The van der Waals surface area contributed by atoms with Gasteiger partial charge in [-0.2, -0.15) is 0 Å². The van der Waals surface area contributed by atoms with Gasteiger partial charge in [-0.3, -0.25) is 43.2 Å². The molecule has 11 atom stereocenters. The molecule has 9 amide bonds. The Kier molecular flexibility index (Phi) is 22.6. The van der Waals surface area contributed by atoms with Gasteiger partial charge in [0.15, 0.2) is 6.04 Å². The fourth-order valence-electron chi connectivity index (χ4n) is 7.88. The van der Waals surface area contributed by atoms with Gasteiger partial charge < -0.3 is 84.1 Å². The number of benzene rings is 2. The third-order valence-electron chi connectivity index (χ3n) is 12.1. The first-order valence-electron chi connectivity index (χ1n) is 23.9. The molecule has 0 unspecified atom stereocenters. The second-order valence-corrected chi connectivity index (χ2v) is 18.1. The van der Waals surface area contributed by atoms with Gasteiger partial charge in [0.2, 0.25) is 53.2 Å². The summed E-state index contributed by atoms with van der Waals surface area (Å²) in [5.41, 5.74) is 12.2. The Hall–Kier alpha value is -8.01. The molecule has 2 heterocycles. The molecule has 1 aliphatic heterocycles. The SMILES string of the molecule is C[C@H](NC(=O)[C@@H](NC(=O)[C@H](CCC(N)=O)NC(=O)[C@@H](N)CO)[C@@H](C)O)C(=O)N[C@@H](Cc1cnc[nH]1)C(=O)N[C@@H](Cc1ccccc1)C(=O)N1CCC[C@H]1C(=O)N[C@@H](Cc1ccc(O)cc1)C(=O)N[C@H](C(=O)O)[C@@H](C)O. The Bertz CT molecular complexity index is 2460. The van der Waals surface area contributed by atoms with Crippen LogP contribution in [0.25, 0.3) is 0 Å². The second kappa shape index (κ2) is 28.4. The summed E-state index contributed by atoms with van der Waals surface area (Å²) in [5.74, 6) is -9.84. The van der Waals surface area contributed by atoms with Gasteiger partial charge in [-0.25, -0.2) is 9.78 Å². The number of aliphatic hydroxyl groups is 3. The third kappa shape index (κ3) is 18.2. The Balaban J connectivity index is 1.56. The highest BCUT2D eigenvalue weighted by Crippen LogP contribution is 2.21. The van der Waals surface area contributed by atoms with Crippen LogP contribution in [0.1, 0.15) is 63.3 Å². The number of primary amides is 1. The summed E-state index contributed by atoms with van der Waals surface area (Å²) in [5, 5.41) is 66.4. The van der Waals surface area contributed by atoms with Gasteiger partial charge in [-0.15, -0.1) is 0 Å². The predicted molar refractivity (Wildman–Crippen MR) is 263 cm³/mol. The summed E-state index contributed by atoms with van der Waals surface area (Å²) in [7, 11) is 0. The number of hydrogen-bond acceptors (Lipinski definition) is 16. The second-order valence-electron chi connectivity index (χ2n) is 18.1. The summed E-state index contributed by atoms with van der Waals surface area (Å²) >= 11 is 0. The number of H-pyrrole nitrogens is 1. The van der Waals surface area contributed by atoms with Crippen molar-refractivity contribution < 1.29 is 73.5 Å². The Labute approximate surface area is 430 Å². The smallest absolute Gasteiger partial charge is 0.328 e. The van der Waals surface area contributed by atoms with Crippen LogP contribution in [0.5, 0.6) is 5.75 Å². The molecular weight excluding hydrogens is 985 g/mol. The summed E-state index contributed by atoms with van der Waals surface area (Å²) in [6, 6.07) is 0.840. The van der Waals surface area contributed by atoms with Crippen molar-refractivity contribution in [3.8, 4) is 5.75 Å². The van der Waals surface area contributed by atoms with E-state index in [1.807, 2.05) is 0 Å². The van der Waals surface area contributed by atoms with Crippen molar-refractivity contribution in [2.24, 2.45) is 11.5 Å². The average Bonchev–Trinajstić information content (AvgIpc) is 4.08. The number of nitrogens with one attached hydrogen (secondary N) is 8. The van der Waals surface area contributed by atoms with Gasteiger partial charge in [-0.1, -0.05) is 42.5 Å². The molecule has 17 N–H and O–H groups in total. The number of carbonyl (C=O) groups excluding carboxylic acids is 9. The van der Waals surface area contributed by atoms with E-state index in [0.717, 1.165) is 13.8 Å². The normalized spacial score (nSPS) is 17.2. The largest absolute Gasteiger partial charge is 0.508 e. The zero-order chi connectivity index (χ0) is 55.5. The van der Waals surface area contributed by atoms with E-state index in [0.29, 0.717) is 23.2 Å². The topological polar surface area (TPSA) is 440 Å². The molecular formula is C48H66N12O15. The number of nitrogens with zero attached hydrogens (tertiary/aromatic N) is 2.